The molecule has 7 heteroatoms. The van der Waals surface area contributed by atoms with Gasteiger partial charge in [0.1, 0.15) is 6.04 Å². The summed E-state index contributed by atoms with van der Waals surface area (Å²) in [5.41, 5.74) is 0. The molecule has 0 amide bonds. The van der Waals surface area contributed by atoms with Crippen LogP contribution in [-0.2, 0) is 9.59 Å². The molecule has 0 spiro atoms. The van der Waals surface area contributed by atoms with Crippen LogP contribution in [-0.4, -0.2) is 62.7 Å². The van der Waals surface area contributed by atoms with Crippen molar-refractivity contribution in [2.24, 2.45) is 0 Å². The van der Waals surface area contributed by atoms with E-state index in [0.717, 1.165) is 4.90 Å². The number of nitrogens with zero attached hydrogens (tertiary/aromatic N) is 1. The maximum atomic E-state index is 10.5. The largest absolute Gasteiger partial charge is 0.480 e. The number of aliphatic hydroxyl groups excluding tert-OH is 1. The van der Waals surface area contributed by atoms with E-state index in [-0.39, 0.29) is 0 Å². The predicted octanol–water partition coefficient (Wildman–Crippen LogP) is -1.84. The Kier molecular flexibility index (Phi) is 5.06. The first-order valence-corrected chi connectivity index (χ1v) is 3.89. The molecule has 0 aliphatic carbocycles. The lowest BCUT2D eigenvalue weighted by Gasteiger charge is -2.24. The van der Waals surface area contributed by atoms with Gasteiger partial charge in [0, 0.05) is 0 Å². The molecular weight excluding hydrogens is 194 g/mol. The van der Waals surface area contributed by atoms with Crippen LogP contribution in [0.25, 0.3) is 0 Å². The molecule has 4 N–H and O–H groups in total. The van der Waals surface area contributed by atoms with Crippen LogP contribution in [0.15, 0.2) is 0 Å². The molecule has 0 bridgehead atoms. The van der Waals surface area contributed by atoms with E-state index in [0.29, 0.717) is 0 Å². The standard InChI is InChI=1S/C7H13NO6/c1-4(7(13)14)8(2-5(9)10)3-6(11)12/h4-5,9-10H,2-3H2,1H3,(H,11,12)(H,13,14). The van der Waals surface area contributed by atoms with Gasteiger partial charge in [-0.25, -0.2) is 0 Å². The normalized spacial score (nSPS) is 13.2. The highest BCUT2D eigenvalue weighted by molar-refractivity contribution is 5.75. The molecule has 82 valence electrons. The molecule has 0 radical (unpaired) electrons. The third-order valence-electron chi connectivity index (χ3n) is 1.64. The summed E-state index contributed by atoms with van der Waals surface area (Å²) in [5, 5.41) is 34.2. The number of carbonyl (C=O) groups is 2. The van der Waals surface area contributed by atoms with E-state index < -0.39 is 37.4 Å². The zero-order chi connectivity index (χ0) is 11.3. The Morgan fingerprint density at radius 2 is 1.79 bits per heavy atom. The summed E-state index contributed by atoms with van der Waals surface area (Å²) in [7, 11) is 0. The summed E-state index contributed by atoms with van der Waals surface area (Å²) in [4.78, 5) is 21.8. The van der Waals surface area contributed by atoms with Crippen LogP contribution in [0.5, 0.6) is 0 Å². The second-order valence-corrected chi connectivity index (χ2v) is 2.82. The van der Waals surface area contributed by atoms with E-state index in [1.54, 1.807) is 0 Å². The lowest BCUT2D eigenvalue weighted by molar-refractivity contribution is -0.148. The van der Waals surface area contributed by atoms with Gasteiger partial charge in [-0.2, -0.15) is 0 Å². The minimum absolute atomic E-state index is 0.417. The van der Waals surface area contributed by atoms with Gasteiger partial charge in [-0.15, -0.1) is 0 Å². The van der Waals surface area contributed by atoms with Crippen LogP contribution >= 0.6 is 0 Å². The summed E-state index contributed by atoms with van der Waals surface area (Å²) in [5.74, 6) is -2.44. The van der Waals surface area contributed by atoms with Gasteiger partial charge in [-0.05, 0) is 6.92 Å². The Bertz CT molecular complexity index is 216. The number of aliphatic carboxylic acids is 2. The number of aliphatic hydroxyl groups is 2. The molecule has 0 aromatic heterocycles. The summed E-state index contributed by atoms with van der Waals surface area (Å²) in [6.45, 7) is 0.304. The van der Waals surface area contributed by atoms with Gasteiger partial charge < -0.3 is 20.4 Å². The third kappa shape index (κ3) is 4.75. The molecule has 1 atom stereocenters. The molecule has 0 aromatic rings. The van der Waals surface area contributed by atoms with Gasteiger partial charge >= 0.3 is 11.9 Å². The molecule has 0 aliphatic rings. The molecule has 0 saturated heterocycles. The van der Waals surface area contributed by atoms with Crippen molar-refractivity contribution in [1.29, 1.82) is 0 Å². The van der Waals surface area contributed by atoms with Crippen LogP contribution in [0, 0.1) is 0 Å². The molecule has 7 nitrogen and oxygen atoms in total. The molecule has 0 rings (SSSR count). The average molecular weight is 207 g/mol. The van der Waals surface area contributed by atoms with E-state index in [2.05, 4.69) is 0 Å². The van der Waals surface area contributed by atoms with Gasteiger partial charge in [0.15, 0.2) is 6.29 Å². The average Bonchev–Trinajstić information content (AvgIpc) is 1.99. The molecule has 1 unspecified atom stereocenters. The van der Waals surface area contributed by atoms with Crippen molar-refractivity contribution in [1.82, 2.24) is 4.90 Å². The van der Waals surface area contributed by atoms with Crippen molar-refractivity contribution in [3.63, 3.8) is 0 Å². The molecule has 14 heavy (non-hydrogen) atoms. The SMILES string of the molecule is CC(C(=O)O)N(CC(=O)O)CC(O)O. The quantitative estimate of drug-likeness (QED) is 0.378. The number of rotatable bonds is 6. The summed E-state index contributed by atoms with van der Waals surface area (Å²) in [6, 6.07) is -1.08. The predicted molar refractivity (Wildman–Crippen MR) is 44.5 cm³/mol. The minimum Gasteiger partial charge on any atom is -0.480 e. The van der Waals surface area contributed by atoms with Crippen LogP contribution in [0.2, 0.25) is 0 Å². The maximum Gasteiger partial charge on any atom is 0.320 e. The van der Waals surface area contributed by atoms with Crippen LogP contribution in [0.4, 0.5) is 0 Å². The van der Waals surface area contributed by atoms with Crippen molar-refractivity contribution in [3.05, 3.63) is 0 Å². The van der Waals surface area contributed by atoms with Crippen molar-refractivity contribution >= 4 is 11.9 Å². The van der Waals surface area contributed by atoms with Gasteiger partial charge in [0.05, 0.1) is 13.1 Å². The molecular formula is C7H13NO6. The van der Waals surface area contributed by atoms with Crippen LogP contribution in [0.1, 0.15) is 6.92 Å². The first-order chi connectivity index (χ1) is 6.34. The number of hydrogen-bond donors (Lipinski definition) is 4. The Morgan fingerprint density at radius 1 is 1.29 bits per heavy atom. The molecule has 0 aliphatic heterocycles. The van der Waals surface area contributed by atoms with E-state index in [4.69, 9.17) is 20.4 Å². The summed E-state index contributed by atoms with van der Waals surface area (Å²) in [6.07, 6.45) is -1.75. The number of carboxylic acid groups (broad SMARTS) is 2. The van der Waals surface area contributed by atoms with Crippen LogP contribution < -0.4 is 0 Å². The van der Waals surface area contributed by atoms with Gasteiger partial charge in [0.25, 0.3) is 0 Å². The Hall–Kier alpha value is -1.18. The highest BCUT2D eigenvalue weighted by atomic mass is 16.5. The van der Waals surface area contributed by atoms with E-state index >= 15 is 0 Å². The summed E-state index contributed by atoms with van der Waals surface area (Å²) >= 11 is 0. The first-order valence-electron chi connectivity index (χ1n) is 3.89. The van der Waals surface area contributed by atoms with Gasteiger partial charge in [-0.1, -0.05) is 0 Å². The highest BCUT2D eigenvalue weighted by Gasteiger charge is 2.24. The van der Waals surface area contributed by atoms with Gasteiger partial charge in [0.2, 0.25) is 0 Å². The zero-order valence-corrected chi connectivity index (χ0v) is 7.62. The van der Waals surface area contributed by atoms with E-state index in [9.17, 15) is 9.59 Å². The summed E-state index contributed by atoms with van der Waals surface area (Å²) < 4.78 is 0. The lowest BCUT2D eigenvalue weighted by atomic mass is 10.3. The fraction of sp³-hybridized carbons (Fsp3) is 0.714. The molecule has 0 saturated carbocycles. The zero-order valence-electron chi connectivity index (χ0n) is 7.62. The third-order valence-corrected chi connectivity index (χ3v) is 1.64. The fourth-order valence-electron chi connectivity index (χ4n) is 0.899. The minimum atomic E-state index is -1.75. The van der Waals surface area contributed by atoms with E-state index in [1.165, 1.54) is 6.92 Å². The number of carboxylic acids is 2. The van der Waals surface area contributed by atoms with Crippen molar-refractivity contribution in [3.8, 4) is 0 Å². The molecule has 0 fully saturated rings. The van der Waals surface area contributed by atoms with Crippen LogP contribution in [0.3, 0.4) is 0 Å². The Balaban J connectivity index is 4.37. The molecule has 0 aromatic carbocycles. The van der Waals surface area contributed by atoms with Gasteiger partial charge in [-0.3, -0.25) is 14.5 Å². The van der Waals surface area contributed by atoms with Crippen molar-refractivity contribution in [2.45, 2.75) is 19.3 Å². The topological polar surface area (TPSA) is 118 Å². The Morgan fingerprint density at radius 3 is 2.07 bits per heavy atom. The fourth-order valence-corrected chi connectivity index (χ4v) is 0.899. The highest BCUT2D eigenvalue weighted by Crippen LogP contribution is 2.00. The monoisotopic (exact) mass is 207 g/mol. The Labute approximate surface area is 80.2 Å². The number of hydrogen-bond acceptors (Lipinski definition) is 5. The maximum absolute atomic E-state index is 10.5. The van der Waals surface area contributed by atoms with Crippen molar-refractivity contribution in [2.75, 3.05) is 13.1 Å². The smallest absolute Gasteiger partial charge is 0.320 e. The lowest BCUT2D eigenvalue weighted by Crippen LogP contribution is -2.45. The van der Waals surface area contributed by atoms with Crippen molar-refractivity contribution < 1.29 is 30.0 Å². The second kappa shape index (κ2) is 5.53. The second-order valence-electron chi connectivity index (χ2n) is 2.82. The molecule has 0 heterocycles. The van der Waals surface area contributed by atoms with E-state index in [1.807, 2.05) is 0 Å². The first kappa shape index (κ1) is 12.8.